The molecule has 1 atom stereocenters. The number of hydrogen-bond acceptors (Lipinski definition) is 6. The van der Waals surface area contributed by atoms with E-state index in [4.69, 9.17) is 9.98 Å². The molecular formula is C26H38N6O2S. The molecule has 9 heteroatoms. The number of benzene rings is 1. The largest absolute Gasteiger partial charge is 0.394 e. The minimum Gasteiger partial charge on any atom is -0.394 e. The predicted molar refractivity (Wildman–Crippen MR) is 146 cm³/mol. The molecule has 0 aliphatic carbocycles. The van der Waals surface area contributed by atoms with E-state index in [1.54, 1.807) is 0 Å². The number of anilines is 1. The lowest BCUT2D eigenvalue weighted by Crippen LogP contribution is -2.59. The van der Waals surface area contributed by atoms with Gasteiger partial charge in [0.15, 0.2) is 5.96 Å². The number of piperidine rings is 1. The zero-order valence-electron chi connectivity index (χ0n) is 21.0. The summed E-state index contributed by atoms with van der Waals surface area (Å²) in [6.45, 7) is 6.59. The maximum Gasteiger partial charge on any atom is 0.322 e. The number of nitrogens with zero attached hydrogens (tertiary/aromatic N) is 4. The van der Waals surface area contributed by atoms with Gasteiger partial charge in [-0.3, -0.25) is 9.98 Å². The maximum atomic E-state index is 12.7. The van der Waals surface area contributed by atoms with Crippen molar-refractivity contribution in [1.82, 2.24) is 15.1 Å². The number of nitrogens with one attached hydrogen (secondary N) is 2. The molecule has 0 bridgehead atoms. The summed E-state index contributed by atoms with van der Waals surface area (Å²) in [4.78, 5) is 26.6. The summed E-state index contributed by atoms with van der Waals surface area (Å²) in [5.74, 6) is 3.85. The van der Waals surface area contributed by atoms with Gasteiger partial charge in [0, 0.05) is 37.9 Å². The van der Waals surface area contributed by atoms with Crippen LogP contribution in [0.5, 0.6) is 0 Å². The minimum absolute atomic E-state index is 0.0417. The third-order valence-corrected chi connectivity index (χ3v) is 8.04. The van der Waals surface area contributed by atoms with Gasteiger partial charge in [0.1, 0.15) is 5.84 Å². The second-order valence-corrected chi connectivity index (χ2v) is 10.5. The average Bonchev–Trinajstić information content (AvgIpc) is 2.99. The summed E-state index contributed by atoms with van der Waals surface area (Å²) in [6.07, 6.45) is 10.7. The summed E-state index contributed by atoms with van der Waals surface area (Å²) in [7, 11) is 1.90. The first kappa shape index (κ1) is 26.9. The van der Waals surface area contributed by atoms with Gasteiger partial charge in [0.2, 0.25) is 0 Å². The zero-order chi connectivity index (χ0) is 25.4. The molecule has 2 amide bonds. The third-order valence-electron chi connectivity index (χ3n) is 6.99. The number of aliphatic imine (C=N–C) groups is 2. The summed E-state index contributed by atoms with van der Waals surface area (Å²) >= 11 is 1.86. The molecule has 1 aromatic carbocycles. The Bertz CT molecular complexity index is 952. The number of amidine groups is 1. The van der Waals surface area contributed by atoms with Crippen molar-refractivity contribution in [3.05, 3.63) is 29.8 Å². The number of rotatable bonds is 3. The van der Waals surface area contributed by atoms with E-state index in [9.17, 15) is 9.90 Å². The Kier molecular flexibility index (Phi) is 9.47. The van der Waals surface area contributed by atoms with Crippen molar-refractivity contribution in [3.63, 3.8) is 0 Å². The SMILES string of the molecule is C#C.CC(C)C(CO)N=C1CSCCCN=C(N2CCC3(CC2)c2ccccc2NC(=O)N3C)N1. The molecule has 3 heterocycles. The Balaban J connectivity index is 0.00000167. The van der Waals surface area contributed by atoms with E-state index in [1.807, 2.05) is 35.8 Å². The van der Waals surface area contributed by atoms with Crippen LogP contribution in [-0.2, 0) is 5.54 Å². The number of amides is 2. The van der Waals surface area contributed by atoms with Crippen LogP contribution in [0.4, 0.5) is 10.5 Å². The van der Waals surface area contributed by atoms with Gasteiger partial charge in [0.25, 0.3) is 0 Å². The van der Waals surface area contributed by atoms with E-state index in [-0.39, 0.29) is 30.1 Å². The van der Waals surface area contributed by atoms with Crippen LogP contribution >= 0.6 is 11.8 Å². The number of likely N-dealkylation sites (tertiary alicyclic amines) is 1. The Morgan fingerprint density at radius 3 is 2.63 bits per heavy atom. The highest BCUT2D eigenvalue weighted by Gasteiger charge is 2.46. The predicted octanol–water partition coefficient (Wildman–Crippen LogP) is 3.20. The second-order valence-electron chi connectivity index (χ2n) is 9.36. The summed E-state index contributed by atoms with van der Waals surface area (Å²) in [5, 5.41) is 16.3. The van der Waals surface area contributed by atoms with Crippen LogP contribution in [-0.4, -0.2) is 83.6 Å². The number of fused-ring (bicyclic) bond motifs is 2. The number of carbonyl (C=O) groups is 1. The van der Waals surface area contributed by atoms with Crippen LogP contribution < -0.4 is 10.6 Å². The van der Waals surface area contributed by atoms with E-state index < -0.39 is 0 Å². The molecule has 3 aliphatic rings. The lowest BCUT2D eigenvalue weighted by atomic mass is 9.77. The molecule has 1 aromatic rings. The summed E-state index contributed by atoms with van der Waals surface area (Å²) < 4.78 is 0. The Morgan fingerprint density at radius 2 is 1.94 bits per heavy atom. The first-order chi connectivity index (χ1) is 16.9. The van der Waals surface area contributed by atoms with Gasteiger partial charge in [-0.15, -0.1) is 12.8 Å². The van der Waals surface area contributed by atoms with Gasteiger partial charge in [-0.05, 0) is 37.0 Å². The van der Waals surface area contributed by atoms with Gasteiger partial charge in [-0.2, -0.15) is 11.8 Å². The van der Waals surface area contributed by atoms with E-state index in [0.717, 1.165) is 67.9 Å². The van der Waals surface area contributed by atoms with Crippen molar-refractivity contribution in [2.75, 3.05) is 50.1 Å². The number of urea groups is 1. The molecule has 190 valence electrons. The molecule has 0 saturated carbocycles. The zero-order valence-corrected chi connectivity index (χ0v) is 21.9. The molecule has 3 aliphatic heterocycles. The molecule has 1 unspecified atom stereocenters. The van der Waals surface area contributed by atoms with E-state index >= 15 is 0 Å². The van der Waals surface area contributed by atoms with Crippen molar-refractivity contribution in [2.45, 2.75) is 44.7 Å². The smallest absolute Gasteiger partial charge is 0.322 e. The van der Waals surface area contributed by atoms with Gasteiger partial charge in [-0.25, -0.2) is 4.79 Å². The molecule has 0 aromatic heterocycles. The van der Waals surface area contributed by atoms with Crippen LogP contribution in [0.3, 0.4) is 0 Å². The van der Waals surface area contributed by atoms with E-state index in [1.165, 1.54) is 5.56 Å². The molecular weight excluding hydrogens is 460 g/mol. The quantitative estimate of drug-likeness (QED) is 0.557. The summed E-state index contributed by atoms with van der Waals surface area (Å²) in [5.41, 5.74) is 1.81. The minimum atomic E-state index is -0.305. The molecule has 35 heavy (non-hydrogen) atoms. The highest BCUT2D eigenvalue weighted by molar-refractivity contribution is 7.99. The van der Waals surface area contributed by atoms with Crippen LogP contribution in [0.1, 0.15) is 38.7 Å². The van der Waals surface area contributed by atoms with Crippen LogP contribution in [0.15, 0.2) is 34.3 Å². The Labute approximate surface area is 213 Å². The number of thioether (sulfide) groups is 1. The van der Waals surface area contributed by atoms with E-state index in [0.29, 0.717) is 0 Å². The lowest BCUT2D eigenvalue weighted by Gasteiger charge is -2.51. The highest BCUT2D eigenvalue weighted by atomic mass is 32.2. The number of terminal acetylenes is 1. The third kappa shape index (κ3) is 5.93. The fourth-order valence-electron chi connectivity index (χ4n) is 4.84. The standard InChI is InChI=1S/C24H36N6O2S.C2H2/c1-17(2)20(15-31)26-21-16-33-14-6-11-25-22(28-21)30-12-9-24(10-13-30)18-7-4-5-8-19(18)27-23(32)29(24)3;1-2/h4-5,7-8,17,20,31H,6,9-16H2,1-3H3,(H,27,32)(H,25,26,28);1-2H. The number of aliphatic hydroxyl groups is 1. The van der Waals surface area contributed by atoms with Gasteiger partial charge in [0.05, 0.1) is 23.9 Å². The second kappa shape index (κ2) is 12.3. The van der Waals surface area contributed by atoms with Crippen molar-refractivity contribution >= 4 is 35.3 Å². The van der Waals surface area contributed by atoms with E-state index in [2.05, 4.69) is 54.4 Å². The lowest BCUT2D eigenvalue weighted by molar-refractivity contribution is 0.0816. The number of para-hydroxylation sites is 1. The Morgan fingerprint density at radius 1 is 1.23 bits per heavy atom. The fourth-order valence-corrected chi connectivity index (χ4v) is 5.66. The number of aliphatic hydroxyl groups excluding tert-OH is 1. The monoisotopic (exact) mass is 498 g/mol. The maximum absolute atomic E-state index is 12.7. The molecule has 1 spiro atoms. The van der Waals surface area contributed by atoms with Gasteiger partial charge >= 0.3 is 6.03 Å². The topological polar surface area (TPSA) is 92.6 Å². The number of carbonyl (C=O) groups excluding carboxylic acids is 1. The van der Waals surface area contributed by atoms with Gasteiger partial charge in [-0.1, -0.05) is 32.0 Å². The molecule has 0 radical (unpaired) electrons. The first-order valence-corrected chi connectivity index (χ1v) is 13.4. The van der Waals surface area contributed by atoms with Crippen molar-refractivity contribution < 1.29 is 9.90 Å². The highest BCUT2D eigenvalue weighted by Crippen LogP contribution is 2.44. The Hall–Kier alpha value is -2.70. The van der Waals surface area contributed by atoms with Gasteiger partial charge < -0.3 is 25.5 Å². The van der Waals surface area contributed by atoms with Crippen LogP contribution in [0.25, 0.3) is 0 Å². The van der Waals surface area contributed by atoms with Crippen LogP contribution in [0, 0.1) is 18.8 Å². The normalized spacial score (nSPS) is 22.0. The first-order valence-electron chi connectivity index (χ1n) is 12.2. The average molecular weight is 499 g/mol. The molecule has 3 N–H and O–H groups in total. The number of hydrogen-bond donors (Lipinski definition) is 3. The fraction of sp³-hybridized carbons (Fsp3) is 0.577. The van der Waals surface area contributed by atoms with Crippen molar-refractivity contribution in [2.24, 2.45) is 15.9 Å². The number of guanidine groups is 1. The molecule has 1 saturated heterocycles. The van der Waals surface area contributed by atoms with Crippen LogP contribution in [0.2, 0.25) is 0 Å². The van der Waals surface area contributed by atoms with Crippen molar-refractivity contribution in [1.29, 1.82) is 0 Å². The molecule has 1 fully saturated rings. The molecule has 4 rings (SSSR count). The molecule has 8 nitrogen and oxygen atoms in total. The summed E-state index contributed by atoms with van der Waals surface area (Å²) in [6, 6.07) is 7.99. The van der Waals surface area contributed by atoms with Crippen molar-refractivity contribution in [3.8, 4) is 12.8 Å².